The van der Waals surface area contributed by atoms with Crippen LogP contribution in [0.3, 0.4) is 0 Å². The van der Waals surface area contributed by atoms with Gasteiger partial charge in [-0.25, -0.2) is 0 Å². The molecule has 0 aromatic heterocycles. The summed E-state index contributed by atoms with van der Waals surface area (Å²) in [5.41, 5.74) is 0. The van der Waals surface area contributed by atoms with Crippen LogP contribution in [-0.2, 0) is 9.36 Å². The van der Waals surface area contributed by atoms with Gasteiger partial charge in [-0.05, 0) is 0 Å². The smallest absolute Gasteiger partial charge is 0.756 e. The van der Waals surface area contributed by atoms with Crippen molar-refractivity contribution in [3.8, 4) is 0 Å². The normalized spacial score (nSPS) is 8.40. The van der Waals surface area contributed by atoms with Gasteiger partial charge >= 0.3 is 18.9 Å². The average Bonchev–Trinajstić information content (AvgIpc) is 1.19. The Kier molecular flexibility index (Phi) is 12.1. The first-order valence-electron chi connectivity index (χ1n) is 1.69. The van der Waals surface area contributed by atoms with Crippen molar-refractivity contribution in [2.75, 3.05) is 0 Å². The molecule has 0 heterocycles. The molecule has 56 valence electrons. The molecule has 0 bridgehead atoms. The molecule has 0 rings (SSSR count). The number of phosphoric acid groups is 1. The van der Waals surface area contributed by atoms with E-state index in [0.717, 1.165) is 6.92 Å². The molecule has 0 spiro atoms. The summed E-state index contributed by atoms with van der Waals surface area (Å²) in [5, 5.41) is 7.42. The van der Waals surface area contributed by atoms with Crippen LogP contribution in [0.2, 0.25) is 0 Å². The Bertz CT molecular complexity index is 115. The van der Waals surface area contributed by atoms with Gasteiger partial charge in [-0.3, -0.25) is 9.36 Å². The van der Waals surface area contributed by atoms with Crippen molar-refractivity contribution in [2.24, 2.45) is 0 Å². The Labute approximate surface area is 69.3 Å². The molecule has 10 heavy (non-hydrogen) atoms. The molecule has 0 aliphatic heterocycles. The van der Waals surface area contributed by atoms with Crippen LogP contribution in [0.5, 0.6) is 0 Å². The molecule has 0 saturated heterocycles. The molecular formula is C2H6LiO6P. The van der Waals surface area contributed by atoms with Crippen molar-refractivity contribution in [1.29, 1.82) is 0 Å². The first-order chi connectivity index (χ1) is 3.73. The van der Waals surface area contributed by atoms with Gasteiger partial charge in [-0.1, -0.05) is 0 Å². The Morgan fingerprint density at radius 3 is 1.50 bits per heavy atom. The standard InChI is InChI=1S/C2H4O2.Li.H3O4P/c1-2(3)4;;1-5(2,3)4/h1H3,(H,3,4);;(H3,1,2,3,4)/q;+1;/p-1. The van der Waals surface area contributed by atoms with E-state index in [1.165, 1.54) is 0 Å². The number of rotatable bonds is 0. The fourth-order valence-electron chi connectivity index (χ4n) is 0. The second-order valence-electron chi connectivity index (χ2n) is 1.01. The number of carbonyl (C=O) groups is 1. The maximum Gasteiger partial charge on any atom is 1.00 e. The topological polar surface area (TPSA) is 118 Å². The van der Waals surface area contributed by atoms with E-state index in [1.54, 1.807) is 0 Å². The third kappa shape index (κ3) is 13400. The van der Waals surface area contributed by atoms with Gasteiger partial charge in [0.15, 0.2) is 0 Å². The minimum absolute atomic E-state index is 0. The summed E-state index contributed by atoms with van der Waals surface area (Å²) in [7, 11) is -4.89. The summed E-state index contributed by atoms with van der Waals surface area (Å²) in [6, 6.07) is 0. The quantitative estimate of drug-likeness (QED) is 0.245. The predicted molar refractivity (Wildman–Crippen MR) is 25.4 cm³/mol. The Balaban J connectivity index is -0.0000000910. The van der Waals surface area contributed by atoms with Crippen molar-refractivity contribution >= 4 is 13.8 Å². The molecule has 0 aliphatic rings. The summed E-state index contributed by atoms with van der Waals surface area (Å²) in [4.78, 5) is 31.9. The van der Waals surface area contributed by atoms with Gasteiger partial charge in [0.2, 0.25) is 0 Å². The second kappa shape index (κ2) is 7.29. The molecule has 0 fully saturated rings. The molecule has 0 unspecified atom stereocenters. The van der Waals surface area contributed by atoms with Gasteiger partial charge in [0, 0.05) is 6.92 Å². The van der Waals surface area contributed by atoms with Crippen molar-refractivity contribution in [3.05, 3.63) is 0 Å². The van der Waals surface area contributed by atoms with Crippen LogP contribution in [-0.4, -0.2) is 20.9 Å². The number of carboxylic acid groups (broad SMARTS) is 1. The summed E-state index contributed by atoms with van der Waals surface area (Å²) in [6.07, 6.45) is 0. The van der Waals surface area contributed by atoms with E-state index in [-0.39, 0.29) is 18.9 Å². The fraction of sp³-hybridized carbons (Fsp3) is 0.500. The first kappa shape index (κ1) is 16.6. The van der Waals surface area contributed by atoms with E-state index in [2.05, 4.69) is 0 Å². The van der Waals surface area contributed by atoms with Gasteiger partial charge in [-0.15, -0.1) is 0 Å². The molecular weight excluding hydrogens is 158 g/mol. The zero-order chi connectivity index (χ0) is 8.08. The first-order valence-corrected chi connectivity index (χ1v) is 3.22. The van der Waals surface area contributed by atoms with E-state index < -0.39 is 13.8 Å². The van der Waals surface area contributed by atoms with Crippen molar-refractivity contribution in [1.82, 2.24) is 0 Å². The number of aliphatic carboxylic acids is 1. The van der Waals surface area contributed by atoms with Gasteiger partial charge in [0.05, 0.1) is 0 Å². The molecule has 3 N–H and O–H groups in total. The van der Waals surface area contributed by atoms with Gasteiger partial charge in [0.1, 0.15) is 0 Å². The summed E-state index contributed by atoms with van der Waals surface area (Å²) < 4.78 is 8.77. The monoisotopic (exact) mass is 164 g/mol. The van der Waals surface area contributed by atoms with Crippen LogP contribution < -0.4 is 23.8 Å². The van der Waals surface area contributed by atoms with Gasteiger partial charge in [0.25, 0.3) is 13.8 Å². The molecule has 0 amide bonds. The van der Waals surface area contributed by atoms with E-state index in [1.807, 2.05) is 0 Å². The minimum atomic E-state index is -4.89. The maximum atomic E-state index is 9.00. The summed E-state index contributed by atoms with van der Waals surface area (Å²) >= 11 is 0. The minimum Gasteiger partial charge on any atom is -0.756 e. The van der Waals surface area contributed by atoms with E-state index in [0.29, 0.717) is 0 Å². The van der Waals surface area contributed by atoms with Crippen LogP contribution >= 0.6 is 7.82 Å². The fourth-order valence-corrected chi connectivity index (χ4v) is 0. The molecule has 0 aromatic carbocycles. The van der Waals surface area contributed by atoms with Crippen molar-refractivity contribution < 1.29 is 48.0 Å². The molecule has 0 saturated carbocycles. The Morgan fingerprint density at radius 2 is 1.50 bits per heavy atom. The summed E-state index contributed by atoms with van der Waals surface area (Å²) in [5.74, 6) is -0.833. The van der Waals surface area contributed by atoms with Crippen LogP contribution in [0.4, 0.5) is 0 Å². The average molecular weight is 164 g/mol. The molecule has 6 nitrogen and oxygen atoms in total. The van der Waals surface area contributed by atoms with Crippen LogP contribution in [0.1, 0.15) is 6.92 Å². The molecule has 0 aliphatic carbocycles. The van der Waals surface area contributed by atoms with Crippen LogP contribution in [0.15, 0.2) is 0 Å². The number of hydrogen-bond donors (Lipinski definition) is 3. The molecule has 0 atom stereocenters. The van der Waals surface area contributed by atoms with Gasteiger partial charge in [-0.2, -0.15) is 0 Å². The molecule has 8 heteroatoms. The number of carboxylic acids is 1. The molecule has 0 aromatic rings. The van der Waals surface area contributed by atoms with Crippen LogP contribution in [0.25, 0.3) is 0 Å². The van der Waals surface area contributed by atoms with Crippen molar-refractivity contribution in [2.45, 2.75) is 6.92 Å². The third-order valence-corrected chi connectivity index (χ3v) is 0. The SMILES string of the molecule is CC(=O)O.O=P([O-])(O)O.[Li+]. The van der Waals surface area contributed by atoms with E-state index in [4.69, 9.17) is 29.1 Å². The zero-order valence-electron chi connectivity index (χ0n) is 5.51. The van der Waals surface area contributed by atoms with Gasteiger partial charge < -0.3 is 19.8 Å². The maximum absolute atomic E-state index is 9.00. The largest absolute Gasteiger partial charge is 1.00 e. The second-order valence-corrected chi connectivity index (χ2v) is 1.99. The Hall–Kier alpha value is 0.177. The van der Waals surface area contributed by atoms with Crippen LogP contribution in [0, 0.1) is 0 Å². The zero-order valence-corrected chi connectivity index (χ0v) is 6.41. The molecule has 0 radical (unpaired) electrons. The Morgan fingerprint density at radius 1 is 1.50 bits per heavy atom. The van der Waals surface area contributed by atoms with E-state index in [9.17, 15) is 0 Å². The van der Waals surface area contributed by atoms with Crippen molar-refractivity contribution in [3.63, 3.8) is 0 Å². The summed E-state index contributed by atoms with van der Waals surface area (Å²) in [6.45, 7) is 1.08. The van der Waals surface area contributed by atoms with E-state index >= 15 is 0 Å². The predicted octanol–water partition coefficient (Wildman–Crippen LogP) is -4.47. The number of hydrogen-bond acceptors (Lipinski definition) is 3. The third-order valence-electron chi connectivity index (χ3n) is 0.